The maximum absolute atomic E-state index is 12.3. The van der Waals surface area contributed by atoms with E-state index in [4.69, 9.17) is 5.73 Å². The summed E-state index contributed by atoms with van der Waals surface area (Å²) in [5, 5.41) is 10.7. The second kappa shape index (κ2) is 5.21. The molecule has 0 bridgehead atoms. The van der Waals surface area contributed by atoms with Gasteiger partial charge in [-0.15, -0.1) is 0 Å². The van der Waals surface area contributed by atoms with Crippen molar-refractivity contribution in [2.75, 3.05) is 12.8 Å². The van der Waals surface area contributed by atoms with Gasteiger partial charge in [-0.1, -0.05) is 12.8 Å². The van der Waals surface area contributed by atoms with Gasteiger partial charge in [0.25, 0.3) is 11.6 Å². The first-order chi connectivity index (χ1) is 9.00. The molecule has 1 saturated carbocycles. The monoisotopic (exact) mass is 264 g/mol. The van der Waals surface area contributed by atoms with E-state index in [1.54, 1.807) is 11.9 Å². The molecule has 19 heavy (non-hydrogen) atoms. The number of carbonyl (C=O) groups excluding carboxylic acids is 1. The fourth-order valence-electron chi connectivity index (χ4n) is 2.38. The summed E-state index contributed by atoms with van der Waals surface area (Å²) in [6.45, 7) is 0. The number of hydrogen-bond acceptors (Lipinski definition) is 5. The van der Waals surface area contributed by atoms with Crippen molar-refractivity contribution in [3.63, 3.8) is 0 Å². The van der Waals surface area contributed by atoms with Gasteiger partial charge in [-0.25, -0.2) is 4.98 Å². The maximum atomic E-state index is 12.3. The number of rotatable bonds is 3. The second-order valence-corrected chi connectivity index (χ2v) is 4.74. The molecule has 1 heterocycles. The molecular formula is C12H16N4O3. The first kappa shape index (κ1) is 13.3. The van der Waals surface area contributed by atoms with E-state index in [-0.39, 0.29) is 29.0 Å². The van der Waals surface area contributed by atoms with Crippen LogP contribution in [-0.2, 0) is 0 Å². The van der Waals surface area contributed by atoms with Gasteiger partial charge in [0.2, 0.25) is 0 Å². The van der Waals surface area contributed by atoms with Crippen molar-refractivity contribution in [2.24, 2.45) is 0 Å². The zero-order valence-corrected chi connectivity index (χ0v) is 10.7. The van der Waals surface area contributed by atoms with Gasteiger partial charge in [0.15, 0.2) is 0 Å². The topological polar surface area (TPSA) is 102 Å². The average Bonchev–Trinajstić information content (AvgIpc) is 2.91. The predicted octanol–water partition coefficient (Wildman–Crippen LogP) is 1.59. The molecule has 0 unspecified atom stereocenters. The lowest BCUT2D eigenvalue weighted by atomic mass is 10.1. The minimum Gasteiger partial charge on any atom is -0.383 e. The third-order valence-electron chi connectivity index (χ3n) is 3.54. The van der Waals surface area contributed by atoms with Crippen molar-refractivity contribution in [1.29, 1.82) is 0 Å². The number of amides is 1. The summed E-state index contributed by atoms with van der Waals surface area (Å²) in [5.41, 5.74) is 5.52. The Kier molecular flexibility index (Phi) is 3.64. The number of nitrogens with two attached hydrogens (primary N) is 1. The molecule has 0 spiro atoms. The molecule has 102 valence electrons. The highest BCUT2D eigenvalue weighted by Gasteiger charge is 2.26. The number of carbonyl (C=O) groups is 1. The van der Waals surface area contributed by atoms with Gasteiger partial charge in [0, 0.05) is 19.2 Å². The SMILES string of the molecule is CN(C(=O)c1cc([N+](=O)[O-])cnc1N)C1CCCC1. The molecule has 7 heteroatoms. The van der Waals surface area contributed by atoms with Crippen molar-refractivity contribution in [3.05, 3.63) is 27.9 Å². The van der Waals surface area contributed by atoms with Crippen LogP contribution in [-0.4, -0.2) is 33.8 Å². The van der Waals surface area contributed by atoms with E-state index in [1.165, 1.54) is 6.07 Å². The fraction of sp³-hybridized carbons (Fsp3) is 0.500. The van der Waals surface area contributed by atoms with Gasteiger partial charge in [0.05, 0.1) is 10.5 Å². The third-order valence-corrected chi connectivity index (χ3v) is 3.54. The molecule has 0 radical (unpaired) electrons. The van der Waals surface area contributed by atoms with Crippen LogP contribution in [0.5, 0.6) is 0 Å². The van der Waals surface area contributed by atoms with E-state index < -0.39 is 4.92 Å². The second-order valence-electron chi connectivity index (χ2n) is 4.74. The highest BCUT2D eigenvalue weighted by atomic mass is 16.6. The van der Waals surface area contributed by atoms with E-state index in [0.29, 0.717) is 0 Å². The van der Waals surface area contributed by atoms with E-state index in [1.807, 2.05) is 0 Å². The summed E-state index contributed by atoms with van der Waals surface area (Å²) < 4.78 is 0. The highest BCUT2D eigenvalue weighted by Crippen LogP contribution is 2.25. The van der Waals surface area contributed by atoms with Crippen molar-refractivity contribution in [3.8, 4) is 0 Å². The van der Waals surface area contributed by atoms with Crippen LogP contribution in [0.25, 0.3) is 0 Å². The average molecular weight is 264 g/mol. The minimum absolute atomic E-state index is 0.0282. The van der Waals surface area contributed by atoms with Crippen LogP contribution in [0.3, 0.4) is 0 Å². The Morgan fingerprint density at radius 1 is 1.53 bits per heavy atom. The molecule has 1 aliphatic carbocycles. The Hall–Kier alpha value is -2.18. The zero-order chi connectivity index (χ0) is 14.0. The summed E-state index contributed by atoms with van der Waals surface area (Å²) in [7, 11) is 1.70. The molecule has 0 aliphatic heterocycles. The Morgan fingerprint density at radius 2 is 2.16 bits per heavy atom. The van der Waals surface area contributed by atoms with E-state index in [0.717, 1.165) is 31.9 Å². The smallest absolute Gasteiger partial charge is 0.288 e. The molecule has 1 fully saturated rings. The lowest BCUT2D eigenvalue weighted by Crippen LogP contribution is -2.35. The maximum Gasteiger partial charge on any atom is 0.288 e. The van der Waals surface area contributed by atoms with Gasteiger partial charge in [-0.3, -0.25) is 14.9 Å². The highest BCUT2D eigenvalue weighted by molar-refractivity contribution is 5.98. The first-order valence-corrected chi connectivity index (χ1v) is 6.17. The molecule has 0 aromatic carbocycles. The largest absolute Gasteiger partial charge is 0.383 e. The van der Waals surface area contributed by atoms with E-state index in [2.05, 4.69) is 4.98 Å². The Morgan fingerprint density at radius 3 is 2.74 bits per heavy atom. The van der Waals surface area contributed by atoms with Crippen LogP contribution in [0.4, 0.5) is 11.5 Å². The summed E-state index contributed by atoms with van der Waals surface area (Å²) >= 11 is 0. The number of hydrogen-bond donors (Lipinski definition) is 1. The lowest BCUT2D eigenvalue weighted by molar-refractivity contribution is -0.385. The van der Waals surface area contributed by atoms with Gasteiger partial charge in [-0.2, -0.15) is 0 Å². The van der Waals surface area contributed by atoms with Gasteiger partial charge < -0.3 is 10.6 Å². The van der Waals surface area contributed by atoms with E-state index in [9.17, 15) is 14.9 Å². The summed E-state index contributed by atoms with van der Waals surface area (Å²) in [6, 6.07) is 1.38. The third kappa shape index (κ3) is 2.64. The van der Waals surface area contributed by atoms with Crippen molar-refractivity contribution < 1.29 is 9.72 Å². The quantitative estimate of drug-likeness (QED) is 0.659. The molecule has 1 aromatic heterocycles. The summed E-state index contributed by atoms with van der Waals surface area (Å²) in [5.74, 6) is -0.277. The molecular weight excluding hydrogens is 248 g/mol. The van der Waals surface area contributed by atoms with Crippen LogP contribution in [0, 0.1) is 10.1 Å². The number of pyridine rings is 1. The van der Waals surface area contributed by atoms with Crippen molar-refractivity contribution in [2.45, 2.75) is 31.7 Å². The first-order valence-electron chi connectivity index (χ1n) is 6.17. The fourth-order valence-corrected chi connectivity index (χ4v) is 2.38. The number of nitrogen functional groups attached to an aromatic ring is 1. The van der Waals surface area contributed by atoms with Crippen LogP contribution < -0.4 is 5.73 Å². The molecule has 7 nitrogen and oxygen atoms in total. The number of nitro groups is 1. The van der Waals surface area contributed by atoms with Crippen LogP contribution in [0.15, 0.2) is 12.3 Å². The van der Waals surface area contributed by atoms with Gasteiger partial charge in [-0.05, 0) is 12.8 Å². The molecule has 0 atom stereocenters. The minimum atomic E-state index is -0.585. The zero-order valence-electron chi connectivity index (χ0n) is 10.7. The van der Waals surface area contributed by atoms with Crippen LogP contribution in [0.2, 0.25) is 0 Å². The Balaban J connectivity index is 2.26. The summed E-state index contributed by atoms with van der Waals surface area (Å²) in [4.78, 5) is 27.8. The van der Waals surface area contributed by atoms with Crippen LogP contribution >= 0.6 is 0 Å². The van der Waals surface area contributed by atoms with Gasteiger partial charge in [0.1, 0.15) is 12.0 Å². The van der Waals surface area contributed by atoms with Crippen molar-refractivity contribution >= 4 is 17.4 Å². The van der Waals surface area contributed by atoms with Gasteiger partial charge >= 0.3 is 0 Å². The standard InChI is InChI=1S/C12H16N4O3/c1-15(8-4-2-3-5-8)12(17)10-6-9(16(18)19)7-14-11(10)13/h6-8H,2-5H2,1H3,(H2,13,14). The summed E-state index contributed by atoms with van der Waals surface area (Å²) in [6.07, 6.45) is 5.19. The Bertz CT molecular complexity index is 512. The molecule has 2 N–H and O–H groups in total. The normalized spacial score (nSPS) is 15.4. The molecule has 1 amide bonds. The predicted molar refractivity (Wildman–Crippen MR) is 69.7 cm³/mol. The molecule has 1 aliphatic rings. The lowest BCUT2D eigenvalue weighted by Gasteiger charge is -2.24. The number of nitrogens with zero attached hydrogens (tertiary/aromatic N) is 3. The molecule has 1 aromatic rings. The van der Waals surface area contributed by atoms with Crippen molar-refractivity contribution in [1.82, 2.24) is 9.88 Å². The van der Waals surface area contributed by atoms with Crippen LogP contribution in [0.1, 0.15) is 36.0 Å². The Labute approximate surface area is 110 Å². The molecule has 0 saturated heterocycles. The molecule has 2 rings (SSSR count). The number of anilines is 1. The van der Waals surface area contributed by atoms with E-state index >= 15 is 0 Å². The number of aromatic nitrogens is 1.